The average molecular weight is 406 g/mol. The molecule has 1 unspecified atom stereocenters. The molecule has 4 amide bonds. The zero-order valence-corrected chi connectivity index (χ0v) is 16.5. The highest BCUT2D eigenvalue weighted by atomic mass is 16.5. The Hall–Kier alpha value is -3.81. The van der Waals surface area contributed by atoms with E-state index in [9.17, 15) is 14.4 Å². The molecule has 1 aliphatic rings. The third-order valence-corrected chi connectivity index (χ3v) is 5.14. The number of imide groups is 1. The molecule has 0 radical (unpaired) electrons. The number of fused-ring (bicyclic) bond motifs is 1. The Bertz CT molecular complexity index is 1090. The Balaban J connectivity index is 1.33. The number of methoxy groups -OCH3 is 1. The number of anilines is 1. The first-order valence-corrected chi connectivity index (χ1v) is 9.66. The first kappa shape index (κ1) is 19.5. The van der Waals surface area contributed by atoms with Crippen LogP contribution in [0.3, 0.4) is 0 Å². The molecule has 1 fully saturated rings. The summed E-state index contributed by atoms with van der Waals surface area (Å²) in [5, 5.41) is 6.46. The molecule has 8 heteroatoms. The number of aromatic amines is 1. The Kier molecular flexibility index (Phi) is 5.38. The molecule has 0 aliphatic carbocycles. The lowest BCUT2D eigenvalue weighted by atomic mass is 10.1. The van der Waals surface area contributed by atoms with Crippen LogP contribution in [0.5, 0.6) is 5.75 Å². The fourth-order valence-electron chi connectivity index (χ4n) is 3.52. The quantitative estimate of drug-likeness (QED) is 0.525. The number of carbonyl (C=O) groups excluding carboxylic acids is 3. The summed E-state index contributed by atoms with van der Waals surface area (Å²) in [5.41, 5.74) is 2.46. The van der Waals surface area contributed by atoms with Crippen LogP contribution in [0, 0.1) is 0 Å². The second-order valence-electron chi connectivity index (χ2n) is 7.11. The van der Waals surface area contributed by atoms with Crippen molar-refractivity contribution in [3.05, 3.63) is 60.3 Å². The normalized spacial score (nSPS) is 16.0. The fraction of sp³-hybridized carbons (Fsp3) is 0.227. The SMILES string of the molecule is COc1ccc(CN2C(=O)NC(CCC(=O)Nc3cccc4[nH]ccc34)C2=O)cc1. The highest BCUT2D eigenvalue weighted by Gasteiger charge is 2.37. The van der Waals surface area contributed by atoms with Gasteiger partial charge in [-0.15, -0.1) is 0 Å². The highest BCUT2D eigenvalue weighted by Crippen LogP contribution is 2.23. The molecule has 4 rings (SSSR count). The molecule has 1 saturated heterocycles. The molecule has 1 aliphatic heterocycles. The molecular formula is C22H22N4O4. The lowest BCUT2D eigenvalue weighted by Crippen LogP contribution is -2.31. The summed E-state index contributed by atoms with van der Waals surface area (Å²) >= 11 is 0. The maximum Gasteiger partial charge on any atom is 0.325 e. The van der Waals surface area contributed by atoms with Crippen LogP contribution in [0.2, 0.25) is 0 Å². The van der Waals surface area contributed by atoms with E-state index in [1.165, 1.54) is 4.90 Å². The Labute approximate surface area is 173 Å². The van der Waals surface area contributed by atoms with Crippen LogP contribution in [0.15, 0.2) is 54.7 Å². The maximum atomic E-state index is 12.6. The lowest BCUT2D eigenvalue weighted by Gasteiger charge is -2.13. The van der Waals surface area contributed by atoms with Crippen molar-refractivity contribution in [3.63, 3.8) is 0 Å². The van der Waals surface area contributed by atoms with Crippen LogP contribution in [-0.2, 0) is 16.1 Å². The average Bonchev–Trinajstić information content (AvgIpc) is 3.34. The highest BCUT2D eigenvalue weighted by molar-refractivity contribution is 6.05. The van der Waals surface area contributed by atoms with E-state index in [0.29, 0.717) is 11.4 Å². The van der Waals surface area contributed by atoms with Gasteiger partial charge in [0.2, 0.25) is 5.91 Å². The third-order valence-electron chi connectivity index (χ3n) is 5.14. The van der Waals surface area contributed by atoms with Crippen molar-refractivity contribution in [1.82, 2.24) is 15.2 Å². The fourth-order valence-corrected chi connectivity index (χ4v) is 3.52. The molecule has 3 N–H and O–H groups in total. The van der Waals surface area contributed by atoms with Gasteiger partial charge in [0.15, 0.2) is 0 Å². The summed E-state index contributed by atoms with van der Waals surface area (Å²) in [6.45, 7) is 0.173. The van der Waals surface area contributed by atoms with Crippen LogP contribution in [0.4, 0.5) is 10.5 Å². The molecule has 3 aromatic rings. The maximum absolute atomic E-state index is 12.6. The number of hydrogen-bond acceptors (Lipinski definition) is 4. The first-order valence-electron chi connectivity index (χ1n) is 9.66. The van der Waals surface area contributed by atoms with Gasteiger partial charge >= 0.3 is 6.03 Å². The molecule has 1 aromatic heterocycles. The van der Waals surface area contributed by atoms with Crippen molar-refractivity contribution in [2.24, 2.45) is 0 Å². The number of ether oxygens (including phenoxy) is 1. The van der Waals surface area contributed by atoms with Gasteiger partial charge in [0.05, 0.1) is 19.3 Å². The summed E-state index contributed by atoms with van der Waals surface area (Å²) < 4.78 is 5.11. The van der Waals surface area contributed by atoms with Crippen molar-refractivity contribution in [3.8, 4) is 5.75 Å². The summed E-state index contributed by atoms with van der Waals surface area (Å²) in [4.78, 5) is 41.5. The molecule has 2 heterocycles. The van der Waals surface area contributed by atoms with Crippen LogP contribution in [0.1, 0.15) is 18.4 Å². The molecule has 0 spiro atoms. The van der Waals surface area contributed by atoms with Crippen molar-refractivity contribution in [2.45, 2.75) is 25.4 Å². The molecule has 0 bridgehead atoms. The van der Waals surface area contributed by atoms with Gasteiger partial charge in [0.25, 0.3) is 5.91 Å². The zero-order chi connectivity index (χ0) is 21.1. The summed E-state index contributed by atoms with van der Waals surface area (Å²) in [7, 11) is 1.58. The zero-order valence-electron chi connectivity index (χ0n) is 16.5. The van der Waals surface area contributed by atoms with Gasteiger partial charge in [-0.1, -0.05) is 18.2 Å². The second kappa shape index (κ2) is 8.28. The van der Waals surface area contributed by atoms with Crippen LogP contribution >= 0.6 is 0 Å². The number of nitrogens with zero attached hydrogens (tertiary/aromatic N) is 1. The van der Waals surface area contributed by atoms with Crippen molar-refractivity contribution in [2.75, 3.05) is 12.4 Å². The number of hydrogen-bond donors (Lipinski definition) is 3. The van der Waals surface area contributed by atoms with Crippen molar-refractivity contribution in [1.29, 1.82) is 0 Å². The van der Waals surface area contributed by atoms with E-state index in [1.54, 1.807) is 19.2 Å². The molecule has 1 atom stereocenters. The van der Waals surface area contributed by atoms with Crippen molar-refractivity contribution < 1.29 is 19.1 Å². The minimum atomic E-state index is -0.704. The number of amides is 4. The predicted molar refractivity (Wildman–Crippen MR) is 112 cm³/mol. The van der Waals surface area contributed by atoms with Crippen LogP contribution in [0.25, 0.3) is 10.9 Å². The summed E-state index contributed by atoms with van der Waals surface area (Å²) in [6, 6.07) is 13.5. The van der Waals surface area contributed by atoms with E-state index in [1.807, 2.05) is 42.6 Å². The Morgan fingerprint density at radius 3 is 2.70 bits per heavy atom. The number of rotatable bonds is 7. The predicted octanol–water partition coefficient (Wildman–Crippen LogP) is 3.02. The number of nitrogens with one attached hydrogen (secondary N) is 3. The molecular weight excluding hydrogens is 384 g/mol. The number of H-pyrrole nitrogens is 1. The first-order chi connectivity index (χ1) is 14.5. The lowest BCUT2D eigenvalue weighted by molar-refractivity contribution is -0.128. The topological polar surface area (TPSA) is 104 Å². The number of aromatic nitrogens is 1. The number of carbonyl (C=O) groups is 3. The van der Waals surface area contributed by atoms with E-state index in [2.05, 4.69) is 15.6 Å². The molecule has 8 nitrogen and oxygen atoms in total. The molecule has 154 valence electrons. The number of urea groups is 1. The van der Waals surface area contributed by atoms with E-state index in [4.69, 9.17) is 4.74 Å². The third kappa shape index (κ3) is 3.98. The summed E-state index contributed by atoms with van der Waals surface area (Å²) in [6.07, 6.45) is 2.16. The van der Waals surface area contributed by atoms with E-state index >= 15 is 0 Å². The van der Waals surface area contributed by atoms with Gasteiger partial charge in [-0.3, -0.25) is 14.5 Å². The van der Waals surface area contributed by atoms with Gasteiger partial charge in [-0.25, -0.2) is 4.79 Å². The largest absolute Gasteiger partial charge is 0.497 e. The van der Waals surface area contributed by atoms with Crippen molar-refractivity contribution >= 4 is 34.4 Å². The standard InChI is InChI=1S/C22H22N4O4/c1-30-15-7-5-14(6-8-15)13-26-21(28)19(25-22(26)29)9-10-20(27)24-18-4-2-3-17-16(18)11-12-23-17/h2-8,11-12,19,23H,9-10,13H2,1H3,(H,24,27)(H,25,29). The Morgan fingerprint density at radius 1 is 1.13 bits per heavy atom. The monoisotopic (exact) mass is 406 g/mol. The van der Waals surface area contributed by atoms with Gasteiger partial charge in [-0.05, 0) is 42.3 Å². The van der Waals surface area contributed by atoms with Crippen LogP contribution < -0.4 is 15.4 Å². The van der Waals surface area contributed by atoms with Gasteiger partial charge < -0.3 is 20.4 Å². The van der Waals surface area contributed by atoms with Crippen LogP contribution in [-0.4, -0.2) is 40.9 Å². The molecule has 2 aromatic carbocycles. The van der Waals surface area contributed by atoms with E-state index in [0.717, 1.165) is 16.5 Å². The van der Waals surface area contributed by atoms with Gasteiger partial charge in [-0.2, -0.15) is 0 Å². The minimum absolute atomic E-state index is 0.119. The molecule has 0 saturated carbocycles. The van der Waals surface area contributed by atoms with Gasteiger partial charge in [0, 0.05) is 23.5 Å². The minimum Gasteiger partial charge on any atom is -0.497 e. The van der Waals surface area contributed by atoms with E-state index in [-0.39, 0.29) is 31.2 Å². The smallest absolute Gasteiger partial charge is 0.325 e. The number of benzene rings is 2. The Morgan fingerprint density at radius 2 is 1.93 bits per heavy atom. The summed E-state index contributed by atoms with van der Waals surface area (Å²) in [5.74, 6) is 0.172. The van der Waals surface area contributed by atoms with E-state index < -0.39 is 12.1 Å². The van der Waals surface area contributed by atoms with Gasteiger partial charge in [0.1, 0.15) is 11.8 Å². The molecule has 30 heavy (non-hydrogen) atoms. The second-order valence-corrected chi connectivity index (χ2v) is 7.11.